The van der Waals surface area contributed by atoms with Crippen LogP contribution in [0.25, 0.3) is 22.2 Å². The predicted molar refractivity (Wildman–Crippen MR) is 134 cm³/mol. The first-order valence-corrected chi connectivity index (χ1v) is 11.4. The van der Waals surface area contributed by atoms with E-state index in [2.05, 4.69) is 61.1 Å². The number of fused-ring (bicyclic) bond motifs is 1. The topological polar surface area (TPSA) is 66.7 Å². The largest absolute Gasteiger partial charge is 0.508 e. The van der Waals surface area contributed by atoms with Gasteiger partial charge in [0.1, 0.15) is 24.2 Å². The number of aromatic hydroxyl groups is 1. The molecule has 3 N–H and O–H groups in total. The van der Waals surface area contributed by atoms with E-state index in [1.165, 1.54) is 11.1 Å². The number of hydrogen-bond donors (Lipinski definition) is 3. The second kappa shape index (κ2) is 9.69. The molecule has 1 aromatic heterocycles. The zero-order valence-corrected chi connectivity index (χ0v) is 19.7. The number of aromatic nitrogens is 1. The van der Waals surface area contributed by atoms with Crippen molar-refractivity contribution in [2.45, 2.75) is 32.9 Å². The molecule has 33 heavy (non-hydrogen) atoms. The summed E-state index contributed by atoms with van der Waals surface area (Å²) in [6.07, 6.45) is -0.783. The van der Waals surface area contributed by atoms with Crippen LogP contribution in [0.15, 0.2) is 66.7 Å². The highest BCUT2D eigenvalue weighted by molar-refractivity contribution is 5.92. The van der Waals surface area contributed by atoms with Crippen LogP contribution < -0.4 is 10.1 Å². The molecule has 0 spiro atoms. The number of nitrogens with one attached hydrogen (secondary N) is 1. The van der Waals surface area contributed by atoms with Crippen molar-refractivity contribution in [2.24, 2.45) is 7.05 Å². The Morgan fingerprint density at radius 1 is 0.970 bits per heavy atom. The number of likely N-dealkylation sites (N-methyl/N-ethyl adjacent to an activating group) is 1. The zero-order valence-electron chi connectivity index (χ0n) is 19.7. The van der Waals surface area contributed by atoms with E-state index in [1.54, 1.807) is 24.3 Å². The first kappa shape index (κ1) is 22.9. The minimum atomic E-state index is -0.783. The van der Waals surface area contributed by atoms with Crippen molar-refractivity contribution >= 4 is 10.9 Å². The lowest BCUT2D eigenvalue weighted by molar-refractivity contribution is 0.0739. The van der Waals surface area contributed by atoms with Crippen LogP contribution in [-0.4, -0.2) is 34.0 Å². The van der Waals surface area contributed by atoms with Crippen LogP contribution in [0.5, 0.6) is 11.5 Å². The molecule has 0 aliphatic carbocycles. The fraction of sp³-hybridized carbons (Fsp3) is 0.286. The van der Waals surface area contributed by atoms with E-state index in [1.807, 2.05) is 19.1 Å². The maximum absolute atomic E-state index is 11.3. The van der Waals surface area contributed by atoms with Crippen LogP contribution in [0, 0.1) is 13.8 Å². The van der Waals surface area contributed by atoms with Gasteiger partial charge in [-0.25, -0.2) is 0 Å². The fourth-order valence-corrected chi connectivity index (χ4v) is 4.67. The molecule has 0 fully saturated rings. The molecule has 5 heteroatoms. The van der Waals surface area contributed by atoms with Gasteiger partial charge >= 0.3 is 0 Å². The third-order valence-electron chi connectivity index (χ3n) is 6.02. The number of aryl methyl sites for hydroxylation is 3. The summed E-state index contributed by atoms with van der Waals surface area (Å²) in [6, 6.07) is 21.1. The molecule has 2 atom stereocenters. The third-order valence-corrected chi connectivity index (χ3v) is 6.02. The first-order chi connectivity index (χ1) is 15.9. The van der Waals surface area contributed by atoms with Crippen molar-refractivity contribution in [1.82, 2.24) is 9.88 Å². The molecule has 0 radical (unpaired) electrons. The average molecular weight is 445 g/mol. The van der Waals surface area contributed by atoms with Crippen LogP contribution >= 0.6 is 0 Å². The molecule has 5 nitrogen and oxygen atoms in total. The van der Waals surface area contributed by atoms with Gasteiger partial charge in [-0.05, 0) is 68.4 Å². The molecule has 0 saturated heterocycles. The van der Waals surface area contributed by atoms with Crippen LogP contribution in [0.1, 0.15) is 29.7 Å². The first-order valence-electron chi connectivity index (χ1n) is 11.4. The van der Waals surface area contributed by atoms with Crippen molar-refractivity contribution in [3.8, 4) is 22.8 Å². The van der Waals surface area contributed by atoms with E-state index in [-0.39, 0.29) is 18.4 Å². The number of aliphatic hydroxyl groups is 1. The molecular formula is C28H32N2O3. The standard InChI is InChI=1S/C28H32N2O3/c1-5-29-27(25(32)17-33-22-12-10-21(31)11-13-22)26-23-8-6-7-9-24(23)30(4)28(26)20-15-18(2)14-19(3)16-20/h6-16,25,27,29,31-32H,5,17H2,1-4H3. The van der Waals surface area contributed by atoms with Crippen molar-refractivity contribution < 1.29 is 14.9 Å². The number of aliphatic hydroxyl groups excluding tert-OH is 1. The molecule has 3 aromatic carbocycles. The molecular weight excluding hydrogens is 412 g/mol. The third kappa shape index (κ3) is 4.75. The SMILES string of the molecule is CCNC(c1c(-c2cc(C)cc(C)c2)n(C)c2ccccc12)C(O)COc1ccc(O)cc1. The van der Waals surface area contributed by atoms with Gasteiger partial charge < -0.3 is 24.8 Å². The summed E-state index contributed by atoms with van der Waals surface area (Å²) in [4.78, 5) is 0. The number of rotatable bonds is 8. The van der Waals surface area contributed by atoms with Gasteiger partial charge in [0.2, 0.25) is 0 Å². The molecule has 0 bridgehead atoms. The number of para-hydroxylation sites is 1. The molecule has 1 heterocycles. The molecule has 172 valence electrons. The summed E-state index contributed by atoms with van der Waals surface area (Å²) in [5.41, 5.74) is 6.83. The Morgan fingerprint density at radius 3 is 2.30 bits per heavy atom. The Hall–Kier alpha value is -3.28. The number of nitrogens with zero attached hydrogens (tertiary/aromatic N) is 1. The minimum absolute atomic E-state index is 0.123. The second-order valence-electron chi connectivity index (χ2n) is 8.62. The molecule has 0 aliphatic rings. The van der Waals surface area contributed by atoms with Gasteiger partial charge in [-0.2, -0.15) is 0 Å². The summed E-state index contributed by atoms with van der Waals surface area (Å²) in [7, 11) is 2.08. The van der Waals surface area contributed by atoms with Crippen molar-refractivity contribution in [3.63, 3.8) is 0 Å². The van der Waals surface area contributed by atoms with Crippen LogP contribution in [0.3, 0.4) is 0 Å². The van der Waals surface area contributed by atoms with E-state index >= 15 is 0 Å². The van der Waals surface area contributed by atoms with Gasteiger partial charge in [-0.3, -0.25) is 0 Å². The van der Waals surface area contributed by atoms with Crippen LogP contribution in [-0.2, 0) is 7.05 Å². The highest BCUT2D eigenvalue weighted by Gasteiger charge is 2.29. The van der Waals surface area contributed by atoms with E-state index in [9.17, 15) is 10.2 Å². The highest BCUT2D eigenvalue weighted by Crippen LogP contribution is 2.39. The molecule has 0 aliphatic heterocycles. The molecule has 0 amide bonds. The van der Waals surface area contributed by atoms with Crippen molar-refractivity contribution in [1.29, 1.82) is 0 Å². The molecule has 0 saturated carbocycles. The summed E-state index contributed by atoms with van der Waals surface area (Å²) in [5, 5.41) is 25.4. The Labute approximate surface area is 195 Å². The summed E-state index contributed by atoms with van der Waals surface area (Å²) >= 11 is 0. The average Bonchev–Trinajstić information content (AvgIpc) is 3.08. The lowest BCUT2D eigenvalue weighted by Crippen LogP contribution is -2.36. The maximum Gasteiger partial charge on any atom is 0.119 e. The van der Waals surface area contributed by atoms with Gasteiger partial charge in [0.25, 0.3) is 0 Å². The van der Waals surface area contributed by atoms with Crippen LogP contribution in [0.4, 0.5) is 0 Å². The Morgan fingerprint density at radius 2 is 1.64 bits per heavy atom. The van der Waals surface area contributed by atoms with Crippen LogP contribution in [0.2, 0.25) is 0 Å². The number of phenolic OH excluding ortho intramolecular Hbond substituents is 1. The number of ether oxygens (including phenoxy) is 1. The van der Waals surface area contributed by atoms with Gasteiger partial charge in [-0.1, -0.05) is 42.3 Å². The monoisotopic (exact) mass is 444 g/mol. The summed E-state index contributed by atoms with van der Waals surface area (Å²) < 4.78 is 8.09. The summed E-state index contributed by atoms with van der Waals surface area (Å²) in [5.74, 6) is 0.789. The molecule has 4 rings (SSSR count). The number of phenols is 1. The molecule has 4 aromatic rings. The summed E-state index contributed by atoms with van der Waals surface area (Å²) in [6.45, 7) is 7.10. The van der Waals surface area contributed by atoms with Gasteiger partial charge in [0.05, 0.1) is 11.7 Å². The molecule has 2 unspecified atom stereocenters. The maximum atomic E-state index is 11.3. The van der Waals surface area contributed by atoms with Gasteiger partial charge in [-0.15, -0.1) is 0 Å². The Bertz CT molecular complexity index is 1220. The number of hydrogen-bond acceptors (Lipinski definition) is 4. The van der Waals surface area contributed by atoms with E-state index in [0.717, 1.165) is 27.7 Å². The van der Waals surface area contributed by atoms with E-state index < -0.39 is 6.10 Å². The van der Waals surface area contributed by atoms with E-state index in [4.69, 9.17) is 4.74 Å². The quantitative estimate of drug-likeness (QED) is 0.347. The minimum Gasteiger partial charge on any atom is -0.508 e. The lowest BCUT2D eigenvalue weighted by atomic mass is 9.94. The normalized spacial score (nSPS) is 13.2. The Balaban J connectivity index is 1.79. The van der Waals surface area contributed by atoms with Gasteiger partial charge in [0, 0.05) is 23.5 Å². The van der Waals surface area contributed by atoms with E-state index in [0.29, 0.717) is 12.3 Å². The number of benzene rings is 3. The van der Waals surface area contributed by atoms with Crippen molar-refractivity contribution in [3.05, 3.63) is 83.4 Å². The zero-order chi connectivity index (χ0) is 23.5. The van der Waals surface area contributed by atoms with Crippen molar-refractivity contribution in [2.75, 3.05) is 13.2 Å². The smallest absolute Gasteiger partial charge is 0.119 e. The highest BCUT2D eigenvalue weighted by atomic mass is 16.5. The fourth-order valence-electron chi connectivity index (χ4n) is 4.67. The second-order valence-corrected chi connectivity index (χ2v) is 8.62. The Kier molecular flexibility index (Phi) is 6.72. The lowest BCUT2D eigenvalue weighted by Gasteiger charge is -2.26. The van der Waals surface area contributed by atoms with Gasteiger partial charge in [0.15, 0.2) is 0 Å². The predicted octanol–water partition coefficient (Wildman–Crippen LogP) is 5.26.